The molecule has 4 heteroatoms. The van der Waals surface area contributed by atoms with Crippen molar-refractivity contribution < 1.29 is 19.0 Å². The molecular weight excluding hydrogens is 208 g/mol. The lowest BCUT2D eigenvalue weighted by Crippen LogP contribution is -2.23. The Kier molecular flexibility index (Phi) is 4.10. The zero-order chi connectivity index (χ0) is 12.3. The van der Waals surface area contributed by atoms with Gasteiger partial charge in [-0.1, -0.05) is 0 Å². The van der Waals surface area contributed by atoms with E-state index >= 15 is 0 Å². The second-order valence-electron chi connectivity index (χ2n) is 4.35. The van der Waals surface area contributed by atoms with Gasteiger partial charge in [-0.25, -0.2) is 4.79 Å². The van der Waals surface area contributed by atoms with E-state index in [1.807, 2.05) is 20.8 Å². The van der Waals surface area contributed by atoms with Crippen molar-refractivity contribution in [1.29, 1.82) is 0 Å². The molecule has 0 aromatic carbocycles. The van der Waals surface area contributed by atoms with Crippen LogP contribution in [0.2, 0.25) is 0 Å². The van der Waals surface area contributed by atoms with Crippen molar-refractivity contribution in [1.82, 2.24) is 0 Å². The molecule has 1 aliphatic rings. The number of carbonyl (C=O) groups is 1. The maximum atomic E-state index is 11.5. The molecule has 1 saturated heterocycles. The van der Waals surface area contributed by atoms with Gasteiger partial charge in [0.15, 0.2) is 5.79 Å². The average molecular weight is 228 g/mol. The molecule has 1 heterocycles. The third kappa shape index (κ3) is 3.06. The minimum Gasteiger partial charge on any atom is -0.463 e. The molecule has 4 nitrogen and oxygen atoms in total. The Balaban J connectivity index is 2.73. The van der Waals surface area contributed by atoms with Crippen LogP contribution < -0.4 is 0 Å². The summed E-state index contributed by atoms with van der Waals surface area (Å²) in [6, 6.07) is 0. The van der Waals surface area contributed by atoms with Crippen molar-refractivity contribution in [2.45, 2.75) is 46.5 Å². The van der Waals surface area contributed by atoms with Crippen LogP contribution in [-0.4, -0.2) is 31.1 Å². The monoisotopic (exact) mass is 228 g/mol. The second kappa shape index (κ2) is 4.97. The summed E-state index contributed by atoms with van der Waals surface area (Å²) < 4.78 is 16.1. The largest absolute Gasteiger partial charge is 0.463 e. The summed E-state index contributed by atoms with van der Waals surface area (Å²) in [6.45, 7) is 10.0. The van der Waals surface area contributed by atoms with E-state index in [0.29, 0.717) is 18.8 Å². The van der Waals surface area contributed by atoms with Crippen molar-refractivity contribution in [2.75, 3.05) is 13.2 Å². The van der Waals surface area contributed by atoms with E-state index in [0.717, 1.165) is 5.57 Å². The van der Waals surface area contributed by atoms with Crippen LogP contribution in [0.4, 0.5) is 0 Å². The van der Waals surface area contributed by atoms with E-state index in [-0.39, 0.29) is 12.1 Å². The molecule has 0 amide bonds. The van der Waals surface area contributed by atoms with Gasteiger partial charge in [0, 0.05) is 5.57 Å². The second-order valence-corrected chi connectivity index (χ2v) is 4.35. The molecule has 1 aliphatic heterocycles. The van der Waals surface area contributed by atoms with E-state index in [9.17, 15) is 4.79 Å². The van der Waals surface area contributed by atoms with Crippen LogP contribution in [0, 0.1) is 0 Å². The Hall–Kier alpha value is -0.870. The molecule has 92 valence electrons. The SMILES string of the molecule is CCOC(=O)/C(C)=C(/C)C1COC(C)(C)O1. The lowest BCUT2D eigenvalue weighted by molar-refractivity contribution is -0.140. The van der Waals surface area contributed by atoms with Crippen molar-refractivity contribution in [3.05, 3.63) is 11.1 Å². The number of ether oxygens (including phenoxy) is 3. The van der Waals surface area contributed by atoms with Gasteiger partial charge in [0.05, 0.1) is 13.2 Å². The Bertz CT molecular complexity index is 304. The zero-order valence-electron chi connectivity index (χ0n) is 10.6. The van der Waals surface area contributed by atoms with Gasteiger partial charge < -0.3 is 14.2 Å². The Morgan fingerprint density at radius 2 is 2.06 bits per heavy atom. The molecule has 1 rings (SSSR count). The van der Waals surface area contributed by atoms with Crippen LogP contribution in [0.1, 0.15) is 34.6 Å². The minimum atomic E-state index is -0.569. The van der Waals surface area contributed by atoms with Crippen molar-refractivity contribution in [3.63, 3.8) is 0 Å². The molecule has 0 saturated carbocycles. The van der Waals surface area contributed by atoms with Gasteiger partial charge >= 0.3 is 5.97 Å². The molecule has 0 aromatic heterocycles. The summed E-state index contributed by atoms with van der Waals surface area (Å²) in [5.74, 6) is -0.853. The Morgan fingerprint density at radius 3 is 2.50 bits per heavy atom. The molecule has 0 N–H and O–H groups in total. The summed E-state index contributed by atoms with van der Waals surface area (Å²) in [4.78, 5) is 11.5. The van der Waals surface area contributed by atoms with Gasteiger partial charge in [-0.05, 0) is 40.2 Å². The first-order valence-corrected chi connectivity index (χ1v) is 5.53. The summed E-state index contributed by atoms with van der Waals surface area (Å²) in [5.41, 5.74) is 1.48. The molecule has 16 heavy (non-hydrogen) atoms. The standard InChI is InChI=1S/C12H20O4/c1-6-14-11(13)9(3)8(2)10-7-15-12(4,5)16-10/h10H,6-7H2,1-5H3/b9-8-. The van der Waals surface area contributed by atoms with Crippen LogP contribution in [0.25, 0.3) is 0 Å². The van der Waals surface area contributed by atoms with Gasteiger partial charge in [0.2, 0.25) is 0 Å². The van der Waals surface area contributed by atoms with Crippen molar-refractivity contribution >= 4 is 5.97 Å². The van der Waals surface area contributed by atoms with Crippen LogP contribution in [-0.2, 0) is 19.0 Å². The highest BCUT2D eigenvalue weighted by atomic mass is 16.7. The third-order valence-corrected chi connectivity index (χ3v) is 2.66. The quantitative estimate of drug-likeness (QED) is 0.547. The summed E-state index contributed by atoms with van der Waals surface area (Å²) >= 11 is 0. The molecule has 0 spiro atoms. The predicted octanol–water partition coefficient (Wildman–Crippen LogP) is 2.04. The van der Waals surface area contributed by atoms with Gasteiger partial charge in [-0.3, -0.25) is 0 Å². The molecule has 0 radical (unpaired) electrons. The molecule has 0 aromatic rings. The van der Waals surface area contributed by atoms with E-state index < -0.39 is 5.79 Å². The lowest BCUT2D eigenvalue weighted by atomic mass is 10.1. The smallest absolute Gasteiger partial charge is 0.333 e. The predicted molar refractivity (Wildman–Crippen MR) is 59.9 cm³/mol. The van der Waals surface area contributed by atoms with Gasteiger partial charge in [-0.15, -0.1) is 0 Å². The van der Waals surface area contributed by atoms with Crippen LogP contribution in [0.15, 0.2) is 11.1 Å². The maximum Gasteiger partial charge on any atom is 0.333 e. The highest BCUT2D eigenvalue weighted by Crippen LogP contribution is 2.27. The van der Waals surface area contributed by atoms with Crippen LogP contribution >= 0.6 is 0 Å². The maximum absolute atomic E-state index is 11.5. The van der Waals surface area contributed by atoms with Crippen LogP contribution in [0.5, 0.6) is 0 Å². The Labute approximate surface area is 96.6 Å². The normalized spacial score (nSPS) is 25.2. The van der Waals surface area contributed by atoms with Gasteiger partial charge in [0.1, 0.15) is 6.10 Å². The zero-order valence-corrected chi connectivity index (χ0v) is 10.6. The summed E-state index contributed by atoms with van der Waals surface area (Å²) in [7, 11) is 0. The number of rotatable bonds is 3. The molecule has 1 atom stereocenters. The fourth-order valence-electron chi connectivity index (χ4n) is 1.54. The number of esters is 1. The third-order valence-electron chi connectivity index (χ3n) is 2.66. The molecule has 0 bridgehead atoms. The van der Waals surface area contributed by atoms with E-state index in [4.69, 9.17) is 14.2 Å². The Morgan fingerprint density at radius 1 is 1.44 bits per heavy atom. The van der Waals surface area contributed by atoms with Crippen LogP contribution in [0.3, 0.4) is 0 Å². The number of hydrogen-bond acceptors (Lipinski definition) is 4. The first-order valence-electron chi connectivity index (χ1n) is 5.53. The van der Waals surface area contributed by atoms with E-state index in [1.165, 1.54) is 0 Å². The molecule has 1 fully saturated rings. The highest BCUT2D eigenvalue weighted by Gasteiger charge is 2.34. The first-order chi connectivity index (χ1) is 7.37. The van der Waals surface area contributed by atoms with Gasteiger partial charge in [0.25, 0.3) is 0 Å². The van der Waals surface area contributed by atoms with Gasteiger partial charge in [-0.2, -0.15) is 0 Å². The fourth-order valence-corrected chi connectivity index (χ4v) is 1.54. The molecule has 0 aliphatic carbocycles. The first kappa shape index (κ1) is 13.2. The topological polar surface area (TPSA) is 44.8 Å². The summed E-state index contributed by atoms with van der Waals surface area (Å²) in [6.07, 6.45) is -0.153. The number of hydrogen-bond donors (Lipinski definition) is 0. The van der Waals surface area contributed by atoms with E-state index in [1.54, 1.807) is 13.8 Å². The molecule has 1 unspecified atom stereocenters. The minimum absolute atomic E-state index is 0.153. The molecular formula is C12H20O4. The lowest BCUT2D eigenvalue weighted by Gasteiger charge is -2.18. The highest BCUT2D eigenvalue weighted by molar-refractivity contribution is 5.88. The number of carbonyl (C=O) groups excluding carboxylic acids is 1. The fraction of sp³-hybridized carbons (Fsp3) is 0.750. The summed E-state index contributed by atoms with van der Waals surface area (Å²) in [5, 5.41) is 0. The van der Waals surface area contributed by atoms with Crippen molar-refractivity contribution in [2.24, 2.45) is 0 Å². The van der Waals surface area contributed by atoms with E-state index in [2.05, 4.69) is 0 Å². The average Bonchev–Trinajstić information content (AvgIpc) is 2.57. The van der Waals surface area contributed by atoms with Crippen molar-refractivity contribution in [3.8, 4) is 0 Å².